The summed E-state index contributed by atoms with van der Waals surface area (Å²) in [5.74, 6) is 0. The predicted octanol–water partition coefficient (Wildman–Crippen LogP) is 4.48. The fourth-order valence-electron chi connectivity index (χ4n) is 1.14. The van der Waals surface area contributed by atoms with E-state index >= 15 is 0 Å². The van der Waals surface area contributed by atoms with E-state index in [1.165, 1.54) is 5.57 Å². The van der Waals surface area contributed by atoms with Gasteiger partial charge in [0.25, 0.3) is 0 Å². The van der Waals surface area contributed by atoms with Gasteiger partial charge in [0.15, 0.2) is 0 Å². The molecule has 0 aromatic carbocycles. The van der Waals surface area contributed by atoms with Crippen LogP contribution in [0.2, 0.25) is 0 Å². The van der Waals surface area contributed by atoms with Gasteiger partial charge < -0.3 is 5.32 Å². The second-order valence-corrected chi connectivity index (χ2v) is 3.32. The normalized spacial score (nSPS) is 15.1. The van der Waals surface area contributed by atoms with Gasteiger partial charge in [-0.1, -0.05) is 50.8 Å². The van der Waals surface area contributed by atoms with E-state index in [0.29, 0.717) is 0 Å². The first-order valence-corrected chi connectivity index (χ1v) is 5.84. The first-order chi connectivity index (χ1) is 7.74. The van der Waals surface area contributed by atoms with Crippen molar-refractivity contribution in [1.82, 2.24) is 5.32 Å². The number of nitrogens with one attached hydrogen (secondary N) is 1. The van der Waals surface area contributed by atoms with E-state index in [-0.39, 0.29) is 0 Å². The minimum Gasteiger partial charge on any atom is -0.359 e. The monoisotopic (exact) mass is 217 g/mol. The van der Waals surface area contributed by atoms with Crippen LogP contribution in [0, 0.1) is 0 Å². The molecule has 0 fully saturated rings. The Labute approximate surface area is 100.0 Å². The lowest BCUT2D eigenvalue weighted by Gasteiger charge is -2.09. The van der Waals surface area contributed by atoms with Crippen molar-refractivity contribution in [3.05, 3.63) is 60.0 Å². The van der Waals surface area contributed by atoms with Crippen molar-refractivity contribution in [3.63, 3.8) is 0 Å². The molecule has 1 aliphatic rings. The van der Waals surface area contributed by atoms with E-state index in [1.54, 1.807) is 0 Å². The third kappa shape index (κ3) is 5.40. The lowest BCUT2D eigenvalue weighted by Crippen LogP contribution is -2.10. The summed E-state index contributed by atoms with van der Waals surface area (Å²) in [6.45, 7) is 11.9. The Balaban J connectivity index is 0.00000106. The van der Waals surface area contributed by atoms with Crippen LogP contribution < -0.4 is 5.32 Å². The minimum atomic E-state index is 0.982. The second-order valence-electron chi connectivity index (χ2n) is 3.32. The molecular weight excluding hydrogens is 194 g/mol. The average molecular weight is 217 g/mol. The molecule has 0 heterocycles. The first kappa shape index (κ1) is 14.5. The maximum absolute atomic E-state index is 3.75. The van der Waals surface area contributed by atoms with Crippen molar-refractivity contribution < 1.29 is 0 Å². The van der Waals surface area contributed by atoms with E-state index < -0.39 is 0 Å². The first-order valence-electron chi connectivity index (χ1n) is 5.84. The third-order valence-electron chi connectivity index (χ3n) is 2.23. The van der Waals surface area contributed by atoms with Crippen LogP contribution in [0.4, 0.5) is 0 Å². The number of rotatable bonds is 3. The molecule has 16 heavy (non-hydrogen) atoms. The van der Waals surface area contributed by atoms with Crippen LogP contribution in [0.15, 0.2) is 60.0 Å². The van der Waals surface area contributed by atoms with Gasteiger partial charge in [-0.25, -0.2) is 0 Å². The van der Waals surface area contributed by atoms with Crippen molar-refractivity contribution in [1.29, 1.82) is 0 Å². The highest BCUT2D eigenvalue weighted by Gasteiger charge is 1.96. The van der Waals surface area contributed by atoms with Crippen LogP contribution in [0.3, 0.4) is 0 Å². The standard InChI is InChI=1S/C13H17N.C2H6/c1-4-11(2)12(3)14-13-9-7-5-6-8-10-13;1-2/h4-7,9-10,14H,1,8H2,2-3H3;1-2H3/b12-11-;. The molecule has 1 N–H and O–H groups in total. The summed E-state index contributed by atoms with van der Waals surface area (Å²) in [6.07, 6.45) is 13.3. The van der Waals surface area contributed by atoms with E-state index in [9.17, 15) is 0 Å². The van der Waals surface area contributed by atoms with Crippen LogP contribution in [0.1, 0.15) is 34.1 Å². The number of allylic oxidation sites excluding steroid dienone is 8. The Kier molecular flexibility index (Phi) is 7.96. The summed E-state index contributed by atoms with van der Waals surface area (Å²) in [5.41, 5.74) is 3.48. The van der Waals surface area contributed by atoms with Gasteiger partial charge in [-0.2, -0.15) is 0 Å². The van der Waals surface area contributed by atoms with E-state index in [0.717, 1.165) is 17.8 Å². The maximum Gasteiger partial charge on any atom is 0.0344 e. The maximum atomic E-state index is 3.75. The Morgan fingerprint density at radius 3 is 2.62 bits per heavy atom. The summed E-state index contributed by atoms with van der Waals surface area (Å²) in [4.78, 5) is 0. The molecule has 0 aromatic rings. The summed E-state index contributed by atoms with van der Waals surface area (Å²) in [6, 6.07) is 0. The molecule has 1 aliphatic carbocycles. The fourth-order valence-corrected chi connectivity index (χ4v) is 1.14. The lowest BCUT2D eigenvalue weighted by molar-refractivity contribution is 0.974. The molecule has 0 saturated carbocycles. The van der Waals surface area contributed by atoms with Crippen LogP contribution in [-0.4, -0.2) is 0 Å². The van der Waals surface area contributed by atoms with Gasteiger partial charge in [-0.3, -0.25) is 0 Å². The van der Waals surface area contributed by atoms with Crippen molar-refractivity contribution in [2.75, 3.05) is 0 Å². The zero-order valence-corrected chi connectivity index (χ0v) is 10.9. The molecular formula is C15H23N. The third-order valence-corrected chi connectivity index (χ3v) is 2.23. The molecule has 0 aromatic heterocycles. The summed E-state index contributed by atoms with van der Waals surface area (Å²) in [5, 5.41) is 3.35. The molecule has 88 valence electrons. The summed E-state index contributed by atoms with van der Waals surface area (Å²) in [7, 11) is 0. The molecule has 0 amide bonds. The van der Waals surface area contributed by atoms with Crippen LogP contribution in [0.25, 0.3) is 0 Å². The number of hydrogen-bond donors (Lipinski definition) is 1. The molecule has 1 nitrogen and oxygen atoms in total. The zero-order valence-electron chi connectivity index (χ0n) is 10.9. The van der Waals surface area contributed by atoms with Gasteiger partial charge in [-0.05, 0) is 31.9 Å². The van der Waals surface area contributed by atoms with Gasteiger partial charge in [-0.15, -0.1) is 0 Å². The summed E-state index contributed by atoms with van der Waals surface area (Å²) < 4.78 is 0. The van der Waals surface area contributed by atoms with Crippen LogP contribution in [-0.2, 0) is 0 Å². The highest BCUT2D eigenvalue weighted by atomic mass is 14.9. The average Bonchev–Trinajstić information content (AvgIpc) is 2.59. The van der Waals surface area contributed by atoms with Gasteiger partial charge in [0, 0.05) is 11.4 Å². The molecule has 0 bridgehead atoms. The van der Waals surface area contributed by atoms with Gasteiger partial charge >= 0.3 is 0 Å². The molecule has 0 saturated heterocycles. The molecule has 0 aliphatic heterocycles. The Hall–Kier alpha value is -1.50. The highest BCUT2D eigenvalue weighted by molar-refractivity contribution is 5.30. The van der Waals surface area contributed by atoms with Crippen molar-refractivity contribution in [2.45, 2.75) is 34.1 Å². The molecule has 0 radical (unpaired) electrons. The van der Waals surface area contributed by atoms with Gasteiger partial charge in [0.2, 0.25) is 0 Å². The van der Waals surface area contributed by atoms with Gasteiger partial charge in [0.1, 0.15) is 0 Å². The number of hydrogen-bond acceptors (Lipinski definition) is 1. The quantitative estimate of drug-likeness (QED) is 0.687. The van der Waals surface area contributed by atoms with Crippen LogP contribution in [0.5, 0.6) is 0 Å². The van der Waals surface area contributed by atoms with E-state index in [2.05, 4.69) is 50.0 Å². The highest BCUT2D eigenvalue weighted by Crippen LogP contribution is 2.07. The molecule has 1 rings (SSSR count). The minimum absolute atomic E-state index is 0.982. The molecule has 1 heteroatoms. The predicted molar refractivity (Wildman–Crippen MR) is 74.0 cm³/mol. The Bertz CT molecular complexity index is 327. The zero-order chi connectivity index (χ0) is 12.4. The smallest absolute Gasteiger partial charge is 0.0344 e. The fraction of sp³-hybridized carbons (Fsp3) is 0.333. The van der Waals surface area contributed by atoms with E-state index in [1.807, 2.05) is 26.0 Å². The lowest BCUT2D eigenvalue weighted by atomic mass is 10.2. The second kappa shape index (κ2) is 8.78. The molecule has 0 atom stereocenters. The van der Waals surface area contributed by atoms with Crippen molar-refractivity contribution in [2.24, 2.45) is 0 Å². The van der Waals surface area contributed by atoms with Crippen molar-refractivity contribution in [3.8, 4) is 0 Å². The molecule has 0 unspecified atom stereocenters. The van der Waals surface area contributed by atoms with Gasteiger partial charge in [0.05, 0.1) is 0 Å². The topological polar surface area (TPSA) is 12.0 Å². The Morgan fingerprint density at radius 2 is 2.00 bits per heavy atom. The van der Waals surface area contributed by atoms with Crippen LogP contribution >= 0.6 is 0 Å². The molecule has 0 spiro atoms. The Morgan fingerprint density at radius 1 is 1.31 bits per heavy atom. The van der Waals surface area contributed by atoms with E-state index in [4.69, 9.17) is 0 Å². The SMILES string of the molecule is C=C/C(C)=C(/C)NC1=CCC=CC=C1.CC. The van der Waals surface area contributed by atoms with Crippen molar-refractivity contribution >= 4 is 0 Å². The summed E-state index contributed by atoms with van der Waals surface area (Å²) >= 11 is 0. The largest absolute Gasteiger partial charge is 0.359 e.